The van der Waals surface area contributed by atoms with E-state index < -0.39 is 0 Å². The fourth-order valence-corrected chi connectivity index (χ4v) is 2.09. The van der Waals surface area contributed by atoms with Gasteiger partial charge in [0.25, 0.3) is 0 Å². The molecule has 0 amide bonds. The number of methoxy groups -OCH3 is 1. The van der Waals surface area contributed by atoms with Gasteiger partial charge in [0, 0.05) is 6.42 Å². The van der Waals surface area contributed by atoms with E-state index in [2.05, 4.69) is 6.92 Å². The molecule has 1 aliphatic rings. The van der Waals surface area contributed by atoms with Gasteiger partial charge in [-0.3, -0.25) is 9.59 Å². The van der Waals surface area contributed by atoms with Gasteiger partial charge in [-0.1, -0.05) is 31.8 Å². The van der Waals surface area contributed by atoms with Crippen LogP contribution in [0.4, 0.5) is 0 Å². The van der Waals surface area contributed by atoms with Gasteiger partial charge in [0.2, 0.25) is 0 Å². The van der Waals surface area contributed by atoms with Crippen LogP contribution in [-0.4, -0.2) is 18.9 Å². The summed E-state index contributed by atoms with van der Waals surface area (Å²) < 4.78 is 4.80. The van der Waals surface area contributed by atoms with E-state index in [0.717, 1.165) is 37.7 Å². The zero-order chi connectivity index (χ0) is 12.0. The largest absolute Gasteiger partial charge is 0.469 e. The summed E-state index contributed by atoms with van der Waals surface area (Å²) in [5, 5.41) is 0. The number of esters is 1. The zero-order valence-corrected chi connectivity index (χ0v) is 10.1. The normalized spacial score (nSPS) is 17.1. The van der Waals surface area contributed by atoms with Crippen molar-refractivity contribution in [1.29, 1.82) is 0 Å². The van der Waals surface area contributed by atoms with Crippen molar-refractivity contribution in [2.75, 3.05) is 7.11 Å². The molecule has 0 heterocycles. The number of rotatable bonds is 6. The summed E-state index contributed by atoms with van der Waals surface area (Å²) in [6.45, 7) is 2.13. The lowest BCUT2D eigenvalue weighted by atomic mass is 9.92. The molecule has 3 heteroatoms. The van der Waals surface area contributed by atoms with Crippen LogP contribution >= 0.6 is 0 Å². The van der Waals surface area contributed by atoms with E-state index in [-0.39, 0.29) is 17.7 Å². The summed E-state index contributed by atoms with van der Waals surface area (Å²) in [7, 11) is 1.41. The number of ketones is 1. The lowest BCUT2D eigenvalue weighted by molar-refractivity contribution is -0.144. The predicted octanol–water partition coefficient (Wildman–Crippen LogP) is 2.65. The molecule has 0 spiro atoms. The second kappa shape index (κ2) is 6.46. The number of unbranched alkanes of at least 4 members (excludes halogenated alkanes) is 2. The number of ether oxygens (including phenoxy) is 1. The molecule has 16 heavy (non-hydrogen) atoms. The van der Waals surface area contributed by atoms with E-state index in [9.17, 15) is 9.59 Å². The van der Waals surface area contributed by atoms with Crippen molar-refractivity contribution in [2.45, 2.75) is 45.4 Å². The zero-order valence-electron chi connectivity index (χ0n) is 10.1. The van der Waals surface area contributed by atoms with Crippen molar-refractivity contribution in [2.24, 2.45) is 5.92 Å². The Morgan fingerprint density at radius 3 is 2.69 bits per heavy atom. The summed E-state index contributed by atoms with van der Waals surface area (Å²) in [4.78, 5) is 22.8. The SMILES string of the molecule is CCCCCC(C(=O)OC)C1=CC(=O)CC1. The van der Waals surface area contributed by atoms with Crippen LogP contribution in [0.25, 0.3) is 0 Å². The highest BCUT2D eigenvalue weighted by atomic mass is 16.5. The number of allylic oxidation sites excluding steroid dienone is 1. The lowest BCUT2D eigenvalue weighted by Crippen LogP contribution is -2.18. The molecule has 90 valence electrons. The molecule has 0 N–H and O–H groups in total. The van der Waals surface area contributed by atoms with Crippen LogP contribution in [0, 0.1) is 5.92 Å². The Hall–Kier alpha value is -1.12. The maximum atomic E-state index is 11.6. The van der Waals surface area contributed by atoms with Crippen molar-refractivity contribution in [3.05, 3.63) is 11.6 Å². The quantitative estimate of drug-likeness (QED) is 0.514. The smallest absolute Gasteiger partial charge is 0.312 e. The third kappa shape index (κ3) is 3.47. The molecule has 0 bridgehead atoms. The first-order chi connectivity index (χ1) is 7.69. The summed E-state index contributed by atoms with van der Waals surface area (Å²) >= 11 is 0. The minimum atomic E-state index is -0.197. The molecule has 0 fully saturated rings. The number of hydrogen-bond donors (Lipinski definition) is 0. The molecule has 0 aliphatic heterocycles. The predicted molar refractivity (Wildman–Crippen MR) is 62.0 cm³/mol. The van der Waals surface area contributed by atoms with Gasteiger partial charge < -0.3 is 4.74 Å². The van der Waals surface area contributed by atoms with Crippen molar-refractivity contribution in [3.8, 4) is 0 Å². The van der Waals surface area contributed by atoms with Gasteiger partial charge in [-0.25, -0.2) is 0 Å². The Labute approximate surface area is 96.9 Å². The van der Waals surface area contributed by atoms with E-state index in [1.165, 1.54) is 7.11 Å². The summed E-state index contributed by atoms with van der Waals surface area (Å²) in [6.07, 6.45) is 6.98. The first-order valence-corrected chi connectivity index (χ1v) is 6.00. The van der Waals surface area contributed by atoms with E-state index in [4.69, 9.17) is 4.74 Å². The molecule has 1 aliphatic carbocycles. The molecule has 1 unspecified atom stereocenters. The summed E-state index contributed by atoms with van der Waals surface area (Å²) in [5.74, 6) is -0.251. The third-order valence-electron chi connectivity index (χ3n) is 3.04. The fourth-order valence-electron chi connectivity index (χ4n) is 2.09. The maximum Gasteiger partial charge on any atom is 0.312 e. The van der Waals surface area contributed by atoms with Crippen molar-refractivity contribution in [3.63, 3.8) is 0 Å². The first-order valence-electron chi connectivity index (χ1n) is 6.00. The topological polar surface area (TPSA) is 43.4 Å². The van der Waals surface area contributed by atoms with Gasteiger partial charge in [0.15, 0.2) is 5.78 Å². The molecule has 0 aromatic heterocycles. The van der Waals surface area contributed by atoms with Crippen LogP contribution in [0.5, 0.6) is 0 Å². The Bertz CT molecular complexity index is 292. The van der Waals surface area contributed by atoms with E-state index in [0.29, 0.717) is 6.42 Å². The van der Waals surface area contributed by atoms with Gasteiger partial charge in [0.1, 0.15) is 0 Å². The Kier molecular flexibility index (Phi) is 5.23. The second-order valence-electron chi connectivity index (χ2n) is 4.26. The Balaban J connectivity index is 2.60. The van der Waals surface area contributed by atoms with Gasteiger partial charge in [-0.05, 0) is 18.9 Å². The van der Waals surface area contributed by atoms with Gasteiger partial charge in [-0.2, -0.15) is 0 Å². The number of carbonyl (C=O) groups excluding carboxylic acids is 2. The van der Waals surface area contributed by atoms with E-state index in [1.54, 1.807) is 6.08 Å². The standard InChI is InChI=1S/C13H20O3/c1-3-4-5-6-12(13(15)16-2)10-7-8-11(14)9-10/h9,12H,3-8H2,1-2H3. The molecule has 0 aromatic carbocycles. The minimum absolute atomic E-state index is 0.138. The van der Waals surface area contributed by atoms with Crippen LogP contribution in [0.1, 0.15) is 45.4 Å². The molecule has 0 radical (unpaired) electrons. The molecule has 0 saturated carbocycles. The van der Waals surface area contributed by atoms with Gasteiger partial charge in [0.05, 0.1) is 13.0 Å². The van der Waals surface area contributed by atoms with Gasteiger partial charge >= 0.3 is 5.97 Å². The molecule has 1 atom stereocenters. The van der Waals surface area contributed by atoms with Crippen LogP contribution in [-0.2, 0) is 14.3 Å². The van der Waals surface area contributed by atoms with Crippen LogP contribution in [0.2, 0.25) is 0 Å². The van der Waals surface area contributed by atoms with Crippen LogP contribution < -0.4 is 0 Å². The van der Waals surface area contributed by atoms with Crippen molar-refractivity contribution >= 4 is 11.8 Å². The second-order valence-corrected chi connectivity index (χ2v) is 4.26. The average Bonchev–Trinajstić information content (AvgIpc) is 2.70. The number of hydrogen-bond acceptors (Lipinski definition) is 3. The van der Waals surface area contributed by atoms with Crippen LogP contribution in [0.15, 0.2) is 11.6 Å². The lowest BCUT2D eigenvalue weighted by Gasteiger charge is -2.15. The highest BCUT2D eigenvalue weighted by molar-refractivity contribution is 5.94. The summed E-state index contributed by atoms with van der Waals surface area (Å²) in [5.41, 5.74) is 0.966. The Morgan fingerprint density at radius 2 is 2.19 bits per heavy atom. The van der Waals surface area contributed by atoms with Gasteiger partial charge in [-0.15, -0.1) is 0 Å². The Morgan fingerprint density at radius 1 is 1.44 bits per heavy atom. The minimum Gasteiger partial charge on any atom is -0.469 e. The maximum absolute atomic E-state index is 11.6. The average molecular weight is 224 g/mol. The molecular weight excluding hydrogens is 204 g/mol. The van der Waals surface area contributed by atoms with Crippen LogP contribution in [0.3, 0.4) is 0 Å². The number of carbonyl (C=O) groups is 2. The highest BCUT2D eigenvalue weighted by Crippen LogP contribution is 2.28. The summed E-state index contributed by atoms with van der Waals surface area (Å²) in [6, 6.07) is 0. The highest BCUT2D eigenvalue weighted by Gasteiger charge is 2.26. The van der Waals surface area contributed by atoms with E-state index >= 15 is 0 Å². The monoisotopic (exact) mass is 224 g/mol. The van der Waals surface area contributed by atoms with E-state index in [1.807, 2.05) is 0 Å². The molecule has 1 rings (SSSR count). The molecule has 0 saturated heterocycles. The van der Waals surface area contributed by atoms with Crippen molar-refractivity contribution < 1.29 is 14.3 Å². The fraction of sp³-hybridized carbons (Fsp3) is 0.692. The third-order valence-corrected chi connectivity index (χ3v) is 3.04. The molecular formula is C13H20O3. The molecule has 3 nitrogen and oxygen atoms in total. The first kappa shape index (κ1) is 12.9. The van der Waals surface area contributed by atoms with Crippen molar-refractivity contribution in [1.82, 2.24) is 0 Å². The molecule has 0 aromatic rings.